The molecule has 1 heterocycles. The van der Waals surface area contributed by atoms with Gasteiger partial charge in [-0.2, -0.15) is 5.10 Å². The van der Waals surface area contributed by atoms with Crippen molar-refractivity contribution in [2.75, 3.05) is 0 Å². The van der Waals surface area contributed by atoms with Crippen molar-refractivity contribution in [2.45, 2.75) is 6.54 Å². The largest absolute Gasteiger partial charge is 0.248 e. The van der Waals surface area contributed by atoms with Crippen molar-refractivity contribution < 1.29 is 8.78 Å². The second-order valence-corrected chi connectivity index (χ2v) is 5.80. The summed E-state index contributed by atoms with van der Waals surface area (Å²) in [6.07, 6.45) is 1.55. The second-order valence-electron chi connectivity index (χ2n) is 4.55. The van der Waals surface area contributed by atoms with Gasteiger partial charge in [-0.05, 0) is 52.4 Å². The molecule has 3 aromatic rings. The Morgan fingerprint density at radius 1 is 1.00 bits per heavy atom. The van der Waals surface area contributed by atoms with E-state index in [1.54, 1.807) is 11.0 Å². The normalized spacial score (nSPS) is 10.8. The standard InChI is InChI=1S/C15H10F2IN3/c16-12-5-10(6-13(17)7-12)8-21-9-19-15(20-21)11-1-3-14(18)4-2-11/h1-7,9H,8H2. The molecule has 0 fully saturated rings. The van der Waals surface area contributed by atoms with Gasteiger partial charge in [0.25, 0.3) is 0 Å². The van der Waals surface area contributed by atoms with Gasteiger partial charge in [-0.25, -0.2) is 18.4 Å². The summed E-state index contributed by atoms with van der Waals surface area (Å²) in [5.41, 5.74) is 1.41. The number of benzene rings is 2. The summed E-state index contributed by atoms with van der Waals surface area (Å²) < 4.78 is 29.0. The summed E-state index contributed by atoms with van der Waals surface area (Å²) in [5, 5.41) is 4.32. The van der Waals surface area contributed by atoms with Gasteiger partial charge in [-0.3, -0.25) is 0 Å². The minimum atomic E-state index is -0.594. The van der Waals surface area contributed by atoms with Crippen LogP contribution in [0.3, 0.4) is 0 Å². The Balaban J connectivity index is 1.83. The molecule has 3 nitrogen and oxygen atoms in total. The van der Waals surface area contributed by atoms with Gasteiger partial charge in [0.15, 0.2) is 5.82 Å². The van der Waals surface area contributed by atoms with Gasteiger partial charge in [0.1, 0.15) is 18.0 Å². The van der Waals surface area contributed by atoms with E-state index >= 15 is 0 Å². The molecule has 0 aliphatic heterocycles. The predicted molar refractivity (Wildman–Crippen MR) is 83.6 cm³/mol. The van der Waals surface area contributed by atoms with Crippen molar-refractivity contribution in [3.63, 3.8) is 0 Å². The highest BCUT2D eigenvalue weighted by molar-refractivity contribution is 14.1. The van der Waals surface area contributed by atoms with Gasteiger partial charge in [0, 0.05) is 15.2 Å². The summed E-state index contributed by atoms with van der Waals surface area (Å²) in [5.74, 6) is -0.603. The molecule has 0 N–H and O–H groups in total. The first-order valence-electron chi connectivity index (χ1n) is 6.20. The molecule has 6 heteroatoms. The first-order valence-corrected chi connectivity index (χ1v) is 7.28. The molecule has 0 aliphatic carbocycles. The summed E-state index contributed by atoms with van der Waals surface area (Å²) in [6, 6.07) is 11.2. The summed E-state index contributed by atoms with van der Waals surface area (Å²) >= 11 is 2.23. The van der Waals surface area contributed by atoms with E-state index in [-0.39, 0.29) is 6.54 Å². The molecule has 0 amide bonds. The van der Waals surface area contributed by atoms with Gasteiger partial charge >= 0.3 is 0 Å². The van der Waals surface area contributed by atoms with Crippen LogP contribution in [-0.4, -0.2) is 14.8 Å². The van der Waals surface area contributed by atoms with Crippen LogP contribution in [0.25, 0.3) is 11.4 Å². The zero-order valence-corrected chi connectivity index (χ0v) is 13.0. The van der Waals surface area contributed by atoms with Gasteiger partial charge in [-0.1, -0.05) is 12.1 Å². The lowest BCUT2D eigenvalue weighted by atomic mass is 10.2. The van der Waals surface area contributed by atoms with Crippen LogP contribution in [0.15, 0.2) is 48.8 Å². The first kappa shape index (κ1) is 14.1. The third-order valence-corrected chi connectivity index (χ3v) is 3.62. The molecule has 0 atom stereocenters. The lowest BCUT2D eigenvalue weighted by Crippen LogP contribution is -2.01. The maximum Gasteiger partial charge on any atom is 0.181 e. The number of rotatable bonds is 3. The fraction of sp³-hybridized carbons (Fsp3) is 0.0667. The van der Waals surface area contributed by atoms with Crippen molar-refractivity contribution in [3.8, 4) is 11.4 Å². The van der Waals surface area contributed by atoms with Crippen LogP contribution in [0.1, 0.15) is 5.56 Å². The lowest BCUT2D eigenvalue weighted by Gasteiger charge is -2.02. The number of aromatic nitrogens is 3. The number of hydrogen-bond donors (Lipinski definition) is 0. The van der Waals surface area contributed by atoms with Crippen LogP contribution in [0, 0.1) is 15.2 Å². The smallest absolute Gasteiger partial charge is 0.181 e. The van der Waals surface area contributed by atoms with Crippen LogP contribution >= 0.6 is 22.6 Å². The Morgan fingerprint density at radius 3 is 2.33 bits per heavy atom. The van der Waals surface area contributed by atoms with Gasteiger partial charge in [0.05, 0.1) is 6.54 Å². The quantitative estimate of drug-likeness (QED) is 0.629. The summed E-state index contributed by atoms with van der Waals surface area (Å²) in [6.45, 7) is 0.270. The van der Waals surface area contributed by atoms with E-state index in [1.807, 2.05) is 24.3 Å². The Kier molecular flexibility index (Phi) is 3.96. The molecule has 0 saturated heterocycles. The van der Waals surface area contributed by atoms with Crippen molar-refractivity contribution >= 4 is 22.6 Å². The molecule has 0 aliphatic rings. The summed E-state index contributed by atoms with van der Waals surface area (Å²) in [7, 11) is 0. The van der Waals surface area contributed by atoms with Crippen LogP contribution in [0.4, 0.5) is 8.78 Å². The van der Waals surface area contributed by atoms with E-state index in [0.717, 1.165) is 15.2 Å². The SMILES string of the molecule is Fc1cc(F)cc(Cn2cnc(-c3ccc(I)cc3)n2)c1. The molecule has 0 spiro atoms. The molecule has 0 radical (unpaired) electrons. The highest BCUT2D eigenvalue weighted by Crippen LogP contribution is 2.16. The van der Waals surface area contributed by atoms with E-state index in [9.17, 15) is 8.78 Å². The maximum absolute atomic E-state index is 13.2. The summed E-state index contributed by atoms with van der Waals surface area (Å²) in [4.78, 5) is 4.22. The molecular weight excluding hydrogens is 387 g/mol. The highest BCUT2D eigenvalue weighted by Gasteiger charge is 2.06. The third-order valence-electron chi connectivity index (χ3n) is 2.91. The minimum absolute atomic E-state index is 0.270. The second kappa shape index (κ2) is 5.88. The molecule has 1 aromatic heterocycles. The zero-order valence-electron chi connectivity index (χ0n) is 10.8. The van der Waals surface area contributed by atoms with Crippen molar-refractivity contribution in [2.24, 2.45) is 0 Å². The molecule has 21 heavy (non-hydrogen) atoms. The molecule has 0 saturated carbocycles. The number of halogens is 3. The Bertz CT molecular complexity index is 749. The van der Waals surface area contributed by atoms with Gasteiger partial charge in [0.2, 0.25) is 0 Å². The first-order chi connectivity index (χ1) is 10.1. The molecule has 106 valence electrons. The molecule has 0 bridgehead atoms. The maximum atomic E-state index is 13.2. The van der Waals surface area contributed by atoms with Crippen molar-refractivity contribution in [1.29, 1.82) is 0 Å². The van der Waals surface area contributed by atoms with Gasteiger partial charge in [-0.15, -0.1) is 0 Å². The van der Waals surface area contributed by atoms with Gasteiger partial charge < -0.3 is 0 Å². The van der Waals surface area contributed by atoms with E-state index in [0.29, 0.717) is 11.4 Å². The fourth-order valence-corrected chi connectivity index (χ4v) is 2.35. The van der Waals surface area contributed by atoms with Crippen LogP contribution in [0.5, 0.6) is 0 Å². The fourth-order valence-electron chi connectivity index (χ4n) is 1.99. The third kappa shape index (κ3) is 3.44. The van der Waals surface area contributed by atoms with Crippen LogP contribution in [-0.2, 0) is 6.54 Å². The number of hydrogen-bond acceptors (Lipinski definition) is 2. The number of nitrogens with zero attached hydrogens (tertiary/aromatic N) is 3. The lowest BCUT2D eigenvalue weighted by molar-refractivity contribution is 0.574. The van der Waals surface area contributed by atoms with E-state index in [2.05, 4.69) is 32.7 Å². The molecular formula is C15H10F2IN3. The van der Waals surface area contributed by atoms with Crippen LogP contribution in [0.2, 0.25) is 0 Å². The van der Waals surface area contributed by atoms with Crippen molar-refractivity contribution in [3.05, 3.63) is 69.6 Å². The Morgan fingerprint density at radius 2 is 1.67 bits per heavy atom. The molecule has 0 unspecified atom stereocenters. The Labute approximate surface area is 133 Å². The average Bonchev–Trinajstić information content (AvgIpc) is 2.87. The highest BCUT2D eigenvalue weighted by atomic mass is 127. The average molecular weight is 397 g/mol. The molecule has 3 rings (SSSR count). The monoisotopic (exact) mass is 397 g/mol. The Hall–Kier alpha value is -1.83. The van der Waals surface area contributed by atoms with E-state index in [1.165, 1.54) is 12.1 Å². The topological polar surface area (TPSA) is 30.7 Å². The van der Waals surface area contributed by atoms with E-state index < -0.39 is 11.6 Å². The predicted octanol–water partition coefficient (Wildman–Crippen LogP) is 3.88. The van der Waals surface area contributed by atoms with Crippen molar-refractivity contribution in [1.82, 2.24) is 14.8 Å². The van der Waals surface area contributed by atoms with Crippen LogP contribution < -0.4 is 0 Å². The minimum Gasteiger partial charge on any atom is -0.248 e. The molecule has 2 aromatic carbocycles. The zero-order chi connectivity index (χ0) is 14.8. The van der Waals surface area contributed by atoms with E-state index in [4.69, 9.17) is 0 Å².